The Kier molecular flexibility index (Phi) is 2.40. The third-order valence-electron chi connectivity index (χ3n) is 1.76. The topological polar surface area (TPSA) is 70.7 Å². The number of benzene rings is 1. The van der Waals surface area contributed by atoms with E-state index in [2.05, 4.69) is 20.7 Å². The van der Waals surface area contributed by atoms with E-state index >= 15 is 0 Å². The van der Waals surface area contributed by atoms with E-state index in [1.54, 1.807) is 0 Å². The molecule has 0 bridgehead atoms. The van der Waals surface area contributed by atoms with E-state index in [9.17, 15) is 9.18 Å². The average Bonchev–Trinajstić information content (AvgIpc) is 2.71. The first-order valence-electron chi connectivity index (χ1n) is 4.18. The molecule has 1 aromatic carbocycles. The summed E-state index contributed by atoms with van der Waals surface area (Å²) < 4.78 is 12.6. The quantitative estimate of drug-likeness (QED) is 0.775. The van der Waals surface area contributed by atoms with Crippen LogP contribution in [0.3, 0.4) is 0 Å². The average molecular weight is 206 g/mol. The molecule has 2 aromatic rings. The number of hydrogen-bond donors (Lipinski definition) is 2. The van der Waals surface area contributed by atoms with E-state index < -0.39 is 0 Å². The highest BCUT2D eigenvalue weighted by Crippen LogP contribution is 2.05. The largest absolute Gasteiger partial charge is 0.304 e. The van der Waals surface area contributed by atoms with Crippen LogP contribution in [-0.4, -0.2) is 21.3 Å². The summed E-state index contributed by atoms with van der Waals surface area (Å²) in [5.41, 5.74) is 0.361. The molecule has 0 saturated heterocycles. The Morgan fingerprint density at radius 3 is 2.67 bits per heavy atom. The molecule has 0 radical (unpaired) electrons. The standard InChI is InChI=1S/C9H7FN4O/c10-7-3-1-6(2-4-7)9(15)12-8-5-11-14-13-8/h1-5H,(H2,11,12,13,14,15). The summed E-state index contributed by atoms with van der Waals surface area (Å²) in [4.78, 5) is 11.5. The number of nitrogens with one attached hydrogen (secondary N) is 2. The maximum absolute atomic E-state index is 12.6. The zero-order valence-corrected chi connectivity index (χ0v) is 7.57. The number of carbonyl (C=O) groups is 1. The summed E-state index contributed by atoms with van der Waals surface area (Å²) in [5, 5.41) is 12.0. The van der Waals surface area contributed by atoms with Crippen LogP contribution in [0.25, 0.3) is 0 Å². The van der Waals surface area contributed by atoms with Gasteiger partial charge >= 0.3 is 0 Å². The Morgan fingerprint density at radius 1 is 1.33 bits per heavy atom. The van der Waals surface area contributed by atoms with Crippen LogP contribution in [0.5, 0.6) is 0 Å². The Balaban J connectivity index is 2.11. The van der Waals surface area contributed by atoms with E-state index in [1.807, 2.05) is 0 Å². The first-order chi connectivity index (χ1) is 7.25. The second-order valence-corrected chi connectivity index (χ2v) is 2.82. The van der Waals surface area contributed by atoms with Gasteiger partial charge in [0.15, 0.2) is 5.82 Å². The third-order valence-corrected chi connectivity index (χ3v) is 1.76. The highest BCUT2D eigenvalue weighted by atomic mass is 19.1. The summed E-state index contributed by atoms with van der Waals surface area (Å²) in [6.07, 6.45) is 1.38. The Bertz CT molecular complexity index is 451. The number of rotatable bonds is 2. The number of hydrogen-bond acceptors (Lipinski definition) is 3. The molecule has 0 aliphatic carbocycles. The van der Waals surface area contributed by atoms with E-state index in [0.29, 0.717) is 11.4 Å². The second kappa shape index (κ2) is 3.87. The van der Waals surface area contributed by atoms with E-state index in [4.69, 9.17) is 0 Å². The molecule has 0 aliphatic rings. The molecule has 2 N–H and O–H groups in total. The van der Waals surface area contributed by atoms with Crippen LogP contribution in [0, 0.1) is 5.82 Å². The van der Waals surface area contributed by atoms with Gasteiger partial charge in [-0.1, -0.05) is 0 Å². The lowest BCUT2D eigenvalue weighted by Crippen LogP contribution is -2.12. The summed E-state index contributed by atoms with van der Waals surface area (Å²) in [6.45, 7) is 0. The van der Waals surface area contributed by atoms with Crippen LogP contribution in [0.4, 0.5) is 10.2 Å². The van der Waals surface area contributed by atoms with Gasteiger partial charge in [0.2, 0.25) is 0 Å². The number of carbonyl (C=O) groups excluding carboxylic acids is 1. The molecule has 0 aliphatic heterocycles. The molecular formula is C9H7FN4O. The molecule has 5 nitrogen and oxygen atoms in total. The minimum atomic E-state index is -0.381. The van der Waals surface area contributed by atoms with Gasteiger partial charge in [0.05, 0.1) is 6.20 Å². The molecule has 0 unspecified atom stereocenters. The normalized spacial score (nSPS) is 9.93. The minimum Gasteiger partial charge on any atom is -0.304 e. The van der Waals surface area contributed by atoms with Crippen LogP contribution in [0.2, 0.25) is 0 Å². The summed E-state index contributed by atoms with van der Waals surface area (Å²) in [6, 6.07) is 5.23. The van der Waals surface area contributed by atoms with Crippen molar-refractivity contribution in [2.45, 2.75) is 0 Å². The third kappa shape index (κ3) is 2.16. The van der Waals surface area contributed by atoms with Crippen LogP contribution in [0.1, 0.15) is 10.4 Å². The number of amides is 1. The molecule has 0 fully saturated rings. The monoisotopic (exact) mass is 206 g/mol. The van der Waals surface area contributed by atoms with Crippen molar-refractivity contribution in [1.29, 1.82) is 0 Å². The Morgan fingerprint density at radius 2 is 2.07 bits per heavy atom. The molecule has 0 atom stereocenters. The molecule has 76 valence electrons. The SMILES string of the molecule is O=C(Nc1cn[nH]n1)c1ccc(F)cc1. The Hall–Kier alpha value is -2.24. The zero-order valence-electron chi connectivity index (χ0n) is 7.57. The first kappa shape index (κ1) is 9.32. The van der Waals surface area contributed by atoms with E-state index in [-0.39, 0.29) is 11.7 Å². The van der Waals surface area contributed by atoms with Crippen LogP contribution in [-0.2, 0) is 0 Å². The summed E-state index contributed by atoms with van der Waals surface area (Å²) in [7, 11) is 0. The van der Waals surface area contributed by atoms with Gasteiger partial charge in [-0.15, -0.1) is 5.10 Å². The van der Waals surface area contributed by atoms with Crippen molar-refractivity contribution in [3.05, 3.63) is 41.8 Å². The number of nitrogens with zero attached hydrogens (tertiary/aromatic N) is 2. The highest BCUT2D eigenvalue weighted by Gasteiger charge is 2.06. The molecular weight excluding hydrogens is 199 g/mol. The molecule has 0 spiro atoms. The smallest absolute Gasteiger partial charge is 0.256 e. The summed E-state index contributed by atoms with van der Waals surface area (Å²) in [5.74, 6) is -0.416. The van der Waals surface area contributed by atoms with Crippen molar-refractivity contribution in [3.63, 3.8) is 0 Å². The van der Waals surface area contributed by atoms with Crippen LogP contribution >= 0.6 is 0 Å². The van der Waals surface area contributed by atoms with Gasteiger partial charge in [0, 0.05) is 5.56 Å². The molecule has 0 saturated carbocycles. The van der Waals surface area contributed by atoms with Crippen LogP contribution in [0.15, 0.2) is 30.5 Å². The molecule has 1 heterocycles. The molecule has 2 rings (SSSR count). The fourth-order valence-electron chi connectivity index (χ4n) is 1.05. The fourth-order valence-corrected chi connectivity index (χ4v) is 1.05. The second-order valence-electron chi connectivity index (χ2n) is 2.82. The lowest BCUT2D eigenvalue weighted by molar-refractivity contribution is 0.102. The molecule has 15 heavy (non-hydrogen) atoms. The van der Waals surface area contributed by atoms with Crippen molar-refractivity contribution in [2.24, 2.45) is 0 Å². The lowest BCUT2D eigenvalue weighted by Gasteiger charge is -2.00. The molecule has 1 amide bonds. The van der Waals surface area contributed by atoms with Gasteiger partial charge < -0.3 is 5.32 Å². The minimum absolute atomic E-state index is 0.323. The number of H-pyrrole nitrogens is 1. The van der Waals surface area contributed by atoms with Crippen molar-refractivity contribution < 1.29 is 9.18 Å². The fraction of sp³-hybridized carbons (Fsp3) is 0. The maximum atomic E-state index is 12.6. The van der Waals surface area contributed by atoms with Crippen molar-refractivity contribution in [2.75, 3.05) is 5.32 Å². The highest BCUT2D eigenvalue weighted by molar-refractivity contribution is 6.03. The van der Waals surface area contributed by atoms with Gasteiger partial charge in [0.25, 0.3) is 5.91 Å². The predicted octanol–water partition coefficient (Wildman–Crippen LogP) is 1.20. The first-order valence-corrected chi connectivity index (χ1v) is 4.18. The zero-order chi connectivity index (χ0) is 10.7. The van der Waals surface area contributed by atoms with Gasteiger partial charge in [0.1, 0.15) is 5.82 Å². The van der Waals surface area contributed by atoms with E-state index in [1.165, 1.54) is 30.5 Å². The van der Waals surface area contributed by atoms with Gasteiger partial charge in [-0.05, 0) is 24.3 Å². The number of aromatic nitrogens is 3. The Labute approximate surface area is 84.3 Å². The van der Waals surface area contributed by atoms with Crippen LogP contribution < -0.4 is 5.32 Å². The van der Waals surface area contributed by atoms with Gasteiger partial charge in [-0.3, -0.25) is 4.79 Å². The summed E-state index contributed by atoms with van der Waals surface area (Å²) >= 11 is 0. The van der Waals surface area contributed by atoms with Gasteiger partial charge in [-0.2, -0.15) is 10.3 Å². The number of halogens is 1. The van der Waals surface area contributed by atoms with E-state index in [0.717, 1.165) is 0 Å². The van der Waals surface area contributed by atoms with Crippen molar-refractivity contribution in [1.82, 2.24) is 15.4 Å². The maximum Gasteiger partial charge on any atom is 0.256 e. The molecule has 6 heteroatoms. The van der Waals surface area contributed by atoms with Crippen molar-refractivity contribution >= 4 is 11.7 Å². The predicted molar refractivity (Wildman–Crippen MR) is 50.7 cm³/mol. The number of anilines is 1. The van der Waals surface area contributed by atoms with Gasteiger partial charge in [-0.25, -0.2) is 4.39 Å². The lowest BCUT2D eigenvalue weighted by atomic mass is 10.2. The van der Waals surface area contributed by atoms with Crippen molar-refractivity contribution in [3.8, 4) is 0 Å². The number of aromatic amines is 1. The molecule has 1 aromatic heterocycles.